The standard InChI is InChI=1S/C15H25N/c1-11-9-8-10-12-13(2,3)16(7)14(4,5)15(11,12)6/h8-11H,1-7H3. The third kappa shape index (κ3) is 1.05. The number of likely N-dealkylation sites (N-methyl/N-ethyl adjacent to an activating group) is 1. The van der Waals surface area contributed by atoms with E-state index in [4.69, 9.17) is 0 Å². The first-order valence-corrected chi connectivity index (χ1v) is 6.30. The van der Waals surface area contributed by atoms with E-state index < -0.39 is 0 Å². The quantitative estimate of drug-likeness (QED) is 0.601. The number of fused-ring (bicyclic) bond motifs is 1. The maximum Gasteiger partial charge on any atom is 0.0376 e. The van der Waals surface area contributed by atoms with Crippen LogP contribution in [0.15, 0.2) is 23.8 Å². The van der Waals surface area contributed by atoms with Gasteiger partial charge in [0.25, 0.3) is 0 Å². The zero-order valence-electron chi connectivity index (χ0n) is 11.8. The highest BCUT2D eigenvalue weighted by molar-refractivity contribution is 5.43. The molecular weight excluding hydrogens is 194 g/mol. The van der Waals surface area contributed by atoms with Crippen LogP contribution in [-0.2, 0) is 0 Å². The highest BCUT2D eigenvalue weighted by Crippen LogP contribution is 2.60. The molecule has 2 rings (SSSR count). The Balaban J connectivity index is 2.67. The van der Waals surface area contributed by atoms with Gasteiger partial charge >= 0.3 is 0 Å². The second-order valence-electron chi connectivity index (χ2n) is 6.63. The largest absolute Gasteiger partial charge is 0.291 e. The molecule has 0 saturated carbocycles. The smallest absolute Gasteiger partial charge is 0.0376 e. The van der Waals surface area contributed by atoms with Gasteiger partial charge in [-0.05, 0) is 46.2 Å². The van der Waals surface area contributed by atoms with Crippen molar-refractivity contribution in [2.45, 2.75) is 52.6 Å². The topological polar surface area (TPSA) is 3.24 Å². The molecule has 0 bridgehead atoms. The lowest BCUT2D eigenvalue weighted by atomic mass is 9.60. The van der Waals surface area contributed by atoms with Crippen molar-refractivity contribution in [3.63, 3.8) is 0 Å². The predicted molar refractivity (Wildman–Crippen MR) is 70.4 cm³/mol. The Bertz CT molecular complexity index is 373. The summed E-state index contributed by atoms with van der Waals surface area (Å²) in [6, 6.07) is 0. The molecule has 2 unspecified atom stereocenters. The average Bonchev–Trinajstić information content (AvgIpc) is 2.28. The van der Waals surface area contributed by atoms with Crippen LogP contribution in [-0.4, -0.2) is 23.0 Å². The molecule has 0 radical (unpaired) electrons. The maximum absolute atomic E-state index is 2.54. The van der Waals surface area contributed by atoms with Gasteiger partial charge in [0.05, 0.1) is 0 Å². The van der Waals surface area contributed by atoms with Gasteiger partial charge in [-0.15, -0.1) is 0 Å². The molecule has 1 heteroatoms. The van der Waals surface area contributed by atoms with Gasteiger partial charge in [-0.3, -0.25) is 4.90 Å². The van der Waals surface area contributed by atoms with E-state index in [2.05, 4.69) is 71.7 Å². The number of hydrogen-bond donors (Lipinski definition) is 0. The van der Waals surface area contributed by atoms with E-state index in [0.717, 1.165) is 0 Å². The van der Waals surface area contributed by atoms with Crippen LogP contribution in [0.3, 0.4) is 0 Å². The third-order valence-corrected chi connectivity index (χ3v) is 5.74. The molecule has 1 saturated heterocycles. The summed E-state index contributed by atoms with van der Waals surface area (Å²) in [5, 5.41) is 0. The lowest BCUT2D eigenvalue weighted by Crippen LogP contribution is -2.51. The minimum Gasteiger partial charge on any atom is -0.291 e. The highest BCUT2D eigenvalue weighted by atomic mass is 15.3. The van der Waals surface area contributed by atoms with Crippen LogP contribution in [0.4, 0.5) is 0 Å². The highest BCUT2D eigenvalue weighted by Gasteiger charge is 2.61. The van der Waals surface area contributed by atoms with Gasteiger partial charge in [0.1, 0.15) is 0 Å². The van der Waals surface area contributed by atoms with Gasteiger partial charge in [0.2, 0.25) is 0 Å². The van der Waals surface area contributed by atoms with Crippen molar-refractivity contribution < 1.29 is 0 Å². The zero-order chi connectivity index (χ0) is 12.4. The molecule has 0 amide bonds. The van der Waals surface area contributed by atoms with E-state index in [0.29, 0.717) is 5.92 Å². The predicted octanol–water partition coefficient (Wildman–Crippen LogP) is 3.63. The summed E-state index contributed by atoms with van der Waals surface area (Å²) in [6.45, 7) is 14.2. The van der Waals surface area contributed by atoms with Gasteiger partial charge in [-0.25, -0.2) is 0 Å². The first kappa shape index (κ1) is 11.9. The van der Waals surface area contributed by atoms with Crippen molar-refractivity contribution >= 4 is 0 Å². The van der Waals surface area contributed by atoms with Crippen molar-refractivity contribution in [2.75, 3.05) is 7.05 Å². The van der Waals surface area contributed by atoms with E-state index in [9.17, 15) is 0 Å². The number of nitrogens with zero attached hydrogens (tertiary/aromatic N) is 1. The number of hydrogen-bond acceptors (Lipinski definition) is 1. The van der Waals surface area contributed by atoms with Gasteiger partial charge in [-0.1, -0.05) is 32.1 Å². The van der Waals surface area contributed by atoms with E-state index in [1.165, 1.54) is 0 Å². The van der Waals surface area contributed by atoms with Gasteiger partial charge < -0.3 is 0 Å². The fourth-order valence-corrected chi connectivity index (χ4v) is 3.88. The lowest BCUT2D eigenvalue weighted by Gasteiger charge is -2.46. The molecule has 0 spiro atoms. The SMILES string of the molecule is CC1C=CC=C2C(C)(C)N(C)C(C)(C)C21C. The van der Waals surface area contributed by atoms with Crippen molar-refractivity contribution in [2.24, 2.45) is 11.3 Å². The minimum atomic E-state index is 0.164. The molecule has 0 aromatic heterocycles. The molecule has 0 N–H and O–H groups in total. The molecule has 0 aromatic carbocycles. The van der Waals surface area contributed by atoms with Crippen molar-refractivity contribution in [1.82, 2.24) is 4.90 Å². The van der Waals surface area contributed by atoms with Crippen LogP contribution in [0.1, 0.15) is 41.5 Å². The molecule has 90 valence electrons. The Morgan fingerprint density at radius 1 is 1.12 bits per heavy atom. The lowest BCUT2D eigenvalue weighted by molar-refractivity contribution is 0.0510. The maximum atomic E-state index is 2.54. The zero-order valence-corrected chi connectivity index (χ0v) is 11.8. The Kier molecular flexibility index (Phi) is 2.24. The molecule has 1 aliphatic heterocycles. The third-order valence-electron chi connectivity index (χ3n) is 5.74. The monoisotopic (exact) mass is 219 g/mol. The number of rotatable bonds is 0. The second kappa shape index (κ2) is 3.01. The van der Waals surface area contributed by atoms with Crippen LogP contribution < -0.4 is 0 Å². The number of likely N-dealkylation sites (tertiary alicyclic amines) is 1. The molecule has 16 heavy (non-hydrogen) atoms. The Labute approximate surface area is 100 Å². The van der Waals surface area contributed by atoms with Crippen LogP contribution >= 0.6 is 0 Å². The fourth-order valence-electron chi connectivity index (χ4n) is 3.88. The first-order valence-electron chi connectivity index (χ1n) is 6.30. The minimum absolute atomic E-state index is 0.164. The molecule has 1 aliphatic carbocycles. The molecule has 1 nitrogen and oxygen atoms in total. The van der Waals surface area contributed by atoms with E-state index >= 15 is 0 Å². The average molecular weight is 219 g/mol. The molecule has 1 heterocycles. The summed E-state index contributed by atoms with van der Waals surface area (Å²) in [5.41, 5.74) is 2.20. The van der Waals surface area contributed by atoms with Crippen LogP contribution in [0.25, 0.3) is 0 Å². The van der Waals surface area contributed by atoms with Crippen molar-refractivity contribution in [1.29, 1.82) is 0 Å². The Morgan fingerprint density at radius 3 is 2.19 bits per heavy atom. The second-order valence-corrected chi connectivity index (χ2v) is 6.63. The Morgan fingerprint density at radius 2 is 1.69 bits per heavy atom. The van der Waals surface area contributed by atoms with Crippen molar-refractivity contribution in [3.05, 3.63) is 23.8 Å². The summed E-state index contributed by atoms with van der Waals surface area (Å²) in [7, 11) is 2.26. The summed E-state index contributed by atoms with van der Waals surface area (Å²) in [5.74, 6) is 0.603. The summed E-state index contributed by atoms with van der Waals surface area (Å²) in [6.07, 6.45) is 6.92. The summed E-state index contributed by atoms with van der Waals surface area (Å²) in [4.78, 5) is 2.54. The normalized spacial score (nSPS) is 40.7. The molecule has 0 aromatic rings. The summed E-state index contributed by atoms with van der Waals surface area (Å²) < 4.78 is 0. The molecule has 2 atom stereocenters. The van der Waals surface area contributed by atoms with E-state index in [1.807, 2.05) is 0 Å². The molecule has 2 aliphatic rings. The molecule has 1 fully saturated rings. The van der Waals surface area contributed by atoms with Crippen molar-refractivity contribution in [3.8, 4) is 0 Å². The number of allylic oxidation sites excluding steroid dienone is 3. The van der Waals surface area contributed by atoms with Crippen LogP contribution in [0.2, 0.25) is 0 Å². The van der Waals surface area contributed by atoms with E-state index in [1.54, 1.807) is 5.57 Å². The van der Waals surface area contributed by atoms with Gasteiger partial charge in [-0.2, -0.15) is 0 Å². The summed E-state index contributed by atoms with van der Waals surface area (Å²) >= 11 is 0. The van der Waals surface area contributed by atoms with Crippen LogP contribution in [0, 0.1) is 11.3 Å². The fraction of sp³-hybridized carbons (Fsp3) is 0.733. The van der Waals surface area contributed by atoms with Gasteiger partial charge in [0.15, 0.2) is 0 Å². The van der Waals surface area contributed by atoms with Gasteiger partial charge in [0, 0.05) is 16.5 Å². The molecular formula is C15H25N. The van der Waals surface area contributed by atoms with Crippen LogP contribution in [0.5, 0.6) is 0 Å². The Hall–Kier alpha value is -0.560. The first-order chi connectivity index (χ1) is 7.16. The van der Waals surface area contributed by atoms with E-state index in [-0.39, 0.29) is 16.5 Å².